The summed E-state index contributed by atoms with van der Waals surface area (Å²) in [6.07, 6.45) is 1.67. The monoisotopic (exact) mass is 394 g/mol. The van der Waals surface area contributed by atoms with Crippen LogP contribution < -0.4 is 0 Å². The molecule has 1 aromatic carbocycles. The van der Waals surface area contributed by atoms with E-state index in [0.29, 0.717) is 9.39 Å². The lowest BCUT2D eigenvalue weighted by atomic mass is 10.1. The summed E-state index contributed by atoms with van der Waals surface area (Å²) in [5.41, 5.74) is 1.57. The number of ether oxygens (including phenoxy) is 1. The molecule has 0 N–H and O–H groups in total. The molecule has 0 aliphatic rings. The van der Waals surface area contributed by atoms with Crippen LogP contribution in [0.25, 0.3) is 0 Å². The lowest BCUT2D eigenvalue weighted by molar-refractivity contribution is 0.0541. The predicted octanol–water partition coefficient (Wildman–Crippen LogP) is 3.28. The zero-order chi connectivity index (χ0) is 15.2. The van der Waals surface area contributed by atoms with Gasteiger partial charge in [0.1, 0.15) is 3.70 Å². The Balaban J connectivity index is 2.29. The van der Waals surface area contributed by atoms with E-state index in [1.807, 2.05) is 64.4 Å². The Bertz CT molecular complexity index is 683. The van der Waals surface area contributed by atoms with Gasteiger partial charge in [-0.2, -0.15) is 0 Å². The van der Waals surface area contributed by atoms with Gasteiger partial charge < -0.3 is 9.30 Å². The van der Waals surface area contributed by atoms with Crippen molar-refractivity contribution in [3.05, 3.63) is 51.6 Å². The SMILES string of the molecule is CC#CCOC(=O)c1c(I)ncn1[C@H](C)c1ccccc1. The number of halogens is 1. The lowest BCUT2D eigenvalue weighted by Crippen LogP contribution is -2.16. The molecule has 2 rings (SSSR count). The van der Waals surface area contributed by atoms with Gasteiger partial charge in [0.05, 0.1) is 12.4 Å². The van der Waals surface area contributed by atoms with E-state index in [0.717, 1.165) is 5.56 Å². The summed E-state index contributed by atoms with van der Waals surface area (Å²) >= 11 is 2.04. The maximum Gasteiger partial charge on any atom is 0.358 e. The fourth-order valence-electron chi connectivity index (χ4n) is 1.96. The van der Waals surface area contributed by atoms with Crippen molar-refractivity contribution in [3.8, 4) is 11.8 Å². The Hall–Kier alpha value is -1.81. The molecule has 0 fully saturated rings. The molecule has 0 aliphatic heterocycles. The molecular weight excluding hydrogens is 379 g/mol. The minimum Gasteiger partial charge on any atom is -0.448 e. The first kappa shape index (κ1) is 15.6. The largest absolute Gasteiger partial charge is 0.448 e. The second-order valence-electron chi connectivity index (χ2n) is 4.38. The normalized spacial score (nSPS) is 11.4. The Labute approximate surface area is 137 Å². The minimum absolute atomic E-state index is 0.00188. The van der Waals surface area contributed by atoms with Gasteiger partial charge in [0.15, 0.2) is 12.3 Å². The number of esters is 1. The zero-order valence-corrected chi connectivity index (χ0v) is 14.0. The van der Waals surface area contributed by atoms with Crippen LogP contribution in [-0.4, -0.2) is 22.1 Å². The van der Waals surface area contributed by atoms with Crippen molar-refractivity contribution in [3.63, 3.8) is 0 Å². The molecule has 2 aromatic rings. The van der Waals surface area contributed by atoms with E-state index in [9.17, 15) is 4.79 Å². The average molecular weight is 394 g/mol. The fourth-order valence-corrected chi connectivity index (χ4v) is 2.58. The number of nitrogens with zero attached hydrogens (tertiary/aromatic N) is 2. The highest BCUT2D eigenvalue weighted by atomic mass is 127. The van der Waals surface area contributed by atoms with Gasteiger partial charge in [-0.15, -0.1) is 5.92 Å². The highest BCUT2D eigenvalue weighted by Gasteiger charge is 2.22. The summed E-state index contributed by atoms with van der Waals surface area (Å²) in [5.74, 6) is 5.01. The van der Waals surface area contributed by atoms with Gasteiger partial charge in [0.25, 0.3) is 0 Å². The van der Waals surface area contributed by atoms with Crippen LogP contribution in [0.15, 0.2) is 36.7 Å². The average Bonchev–Trinajstić information content (AvgIpc) is 2.89. The molecule has 108 valence electrons. The van der Waals surface area contributed by atoms with Gasteiger partial charge in [0.2, 0.25) is 0 Å². The Morgan fingerprint density at radius 1 is 1.43 bits per heavy atom. The predicted molar refractivity (Wildman–Crippen MR) is 88.9 cm³/mol. The fraction of sp³-hybridized carbons (Fsp3) is 0.250. The molecule has 0 saturated carbocycles. The first-order valence-corrected chi connectivity index (χ1v) is 7.57. The van der Waals surface area contributed by atoms with Crippen LogP contribution in [0.3, 0.4) is 0 Å². The van der Waals surface area contributed by atoms with Crippen LogP contribution in [-0.2, 0) is 4.74 Å². The molecule has 0 saturated heterocycles. The highest BCUT2D eigenvalue weighted by molar-refractivity contribution is 14.1. The summed E-state index contributed by atoms with van der Waals surface area (Å²) in [7, 11) is 0. The Kier molecular flexibility index (Phi) is 5.39. The topological polar surface area (TPSA) is 44.1 Å². The maximum atomic E-state index is 12.2. The van der Waals surface area contributed by atoms with Gasteiger partial charge in [-0.3, -0.25) is 0 Å². The number of carbonyl (C=O) groups excluding carboxylic acids is 1. The standard InChI is InChI=1S/C16H15IN2O2/c1-3-4-10-21-16(20)14-15(17)18-11-19(14)12(2)13-8-6-5-7-9-13/h5-9,11-12H,10H2,1-2H3/t12-/m1/s1. The number of carbonyl (C=O) groups is 1. The first-order valence-electron chi connectivity index (χ1n) is 6.49. The van der Waals surface area contributed by atoms with Gasteiger partial charge in [-0.1, -0.05) is 36.3 Å². The number of hydrogen-bond acceptors (Lipinski definition) is 3. The van der Waals surface area contributed by atoms with E-state index < -0.39 is 5.97 Å². The molecule has 21 heavy (non-hydrogen) atoms. The van der Waals surface area contributed by atoms with Gasteiger partial charge in [-0.05, 0) is 42.0 Å². The summed E-state index contributed by atoms with van der Waals surface area (Å²) in [5, 5.41) is 0. The molecule has 0 radical (unpaired) electrons. The number of aromatic nitrogens is 2. The van der Waals surface area contributed by atoms with E-state index in [4.69, 9.17) is 4.74 Å². The molecule has 0 spiro atoms. The number of rotatable bonds is 4. The van der Waals surface area contributed by atoms with E-state index in [1.54, 1.807) is 13.3 Å². The molecule has 0 bridgehead atoms. The third-order valence-corrected chi connectivity index (χ3v) is 3.88. The summed E-state index contributed by atoms with van der Waals surface area (Å²) in [6, 6.07) is 9.96. The summed E-state index contributed by atoms with van der Waals surface area (Å²) in [6.45, 7) is 3.82. The van der Waals surface area contributed by atoms with Crippen molar-refractivity contribution < 1.29 is 9.53 Å². The van der Waals surface area contributed by atoms with Crippen molar-refractivity contribution in [2.24, 2.45) is 0 Å². The van der Waals surface area contributed by atoms with E-state index >= 15 is 0 Å². The maximum absolute atomic E-state index is 12.2. The molecule has 0 unspecified atom stereocenters. The molecule has 5 heteroatoms. The number of imidazole rings is 1. The van der Waals surface area contributed by atoms with E-state index in [1.165, 1.54) is 0 Å². The van der Waals surface area contributed by atoms with Crippen molar-refractivity contribution >= 4 is 28.6 Å². The van der Waals surface area contributed by atoms with Crippen LogP contribution in [0.4, 0.5) is 0 Å². The second kappa shape index (κ2) is 7.27. The van der Waals surface area contributed by atoms with Crippen LogP contribution in [0.2, 0.25) is 0 Å². The molecular formula is C16H15IN2O2. The number of benzene rings is 1. The van der Waals surface area contributed by atoms with Gasteiger partial charge in [0, 0.05) is 0 Å². The van der Waals surface area contributed by atoms with Crippen LogP contribution in [0.5, 0.6) is 0 Å². The molecule has 1 heterocycles. The molecule has 0 aliphatic carbocycles. The third kappa shape index (κ3) is 3.64. The number of hydrogen-bond donors (Lipinski definition) is 0. The van der Waals surface area contributed by atoms with Crippen molar-refractivity contribution in [1.29, 1.82) is 0 Å². The smallest absolute Gasteiger partial charge is 0.358 e. The molecule has 0 amide bonds. The van der Waals surface area contributed by atoms with Gasteiger partial charge >= 0.3 is 5.97 Å². The third-order valence-electron chi connectivity index (χ3n) is 3.09. The van der Waals surface area contributed by atoms with E-state index in [-0.39, 0.29) is 12.6 Å². The minimum atomic E-state index is -0.401. The second-order valence-corrected chi connectivity index (χ2v) is 5.40. The Morgan fingerprint density at radius 2 is 2.14 bits per heavy atom. The van der Waals surface area contributed by atoms with Crippen LogP contribution >= 0.6 is 22.6 Å². The lowest BCUT2D eigenvalue weighted by Gasteiger charge is -2.16. The van der Waals surface area contributed by atoms with Crippen LogP contribution in [0, 0.1) is 15.5 Å². The summed E-state index contributed by atoms with van der Waals surface area (Å²) in [4.78, 5) is 16.4. The molecule has 1 aromatic heterocycles. The van der Waals surface area contributed by atoms with Crippen molar-refractivity contribution in [1.82, 2.24) is 9.55 Å². The molecule has 1 atom stereocenters. The molecule has 4 nitrogen and oxygen atoms in total. The highest BCUT2D eigenvalue weighted by Crippen LogP contribution is 2.22. The van der Waals surface area contributed by atoms with Crippen molar-refractivity contribution in [2.75, 3.05) is 6.61 Å². The van der Waals surface area contributed by atoms with Crippen LogP contribution in [0.1, 0.15) is 35.9 Å². The Morgan fingerprint density at radius 3 is 2.81 bits per heavy atom. The van der Waals surface area contributed by atoms with E-state index in [2.05, 4.69) is 16.8 Å². The quantitative estimate of drug-likeness (QED) is 0.454. The van der Waals surface area contributed by atoms with Gasteiger partial charge in [-0.25, -0.2) is 9.78 Å². The first-order chi connectivity index (χ1) is 10.1. The summed E-state index contributed by atoms with van der Waals surface area (Å²) < 4.78 is 7.62. The zero-order valence-electron chi connectivity index (χ0n) is 11.8. The van der Waals surface area contributed by atoms with Crippen molar-refractivity contribution in [2.45, 2.75) is 19.9 Å².